The zero-order valence-corrected chi connectivity index (χ0v) is 19.3. The van der Waals surface area contributed by atoms with Crippen LogP contribution in [0.25, 0.3) is 0 Å². The number of hydrogen-bond acceptors (Lipinski definition) is 3. The third kappa shape index (κ3) is 8.66. The zero-order chi connectivity index (χ0) is 20.1. The Labute approximate surface area is 168 Å². The van der Waals surface area contributed by atoms with Gasteiger partial charge in [-0.3, -0.25) is 0 Å². The highest BCUT2D eigenvalue weighted by Gasteiger charge is 2.38. The van der Waals surface area contributed by atoms with Gasteiger partial charge in [0.1, 0.15) is 0 Å². The fourth-order valence-electron chi connectivity index (χ4n) is 4.81. The van der Waals surface area contributed by atoms with Crippen molar-refractivity contribution in [3.63, 3.8) is 0 Å². The van der Waals surface area contributed by atoms with E-state index in [1.165, 1.54) is 38.5 Å². The van der Waals surface area contributed by atoms with E-state index in [9.17, 15) is 9.36 Å². The molecule has 0 heterocycles. The summed E-state index contributed by atoms with van der Waals surface area (Å²) in [6.07, 6.45) is 17.2. The second-order valence-electron chi connectivity index (χ2n) is 8.83. The molecule has 0 amide bonds. The van der Waals surface area contributed by atoms with Gasteiger partial charge in [-0.1, -0.05) is 79.1 Å². The molecule has 1 aliphatic rings. The first kappa shape index (κ1) is 24.6. The lowest BCUT2D eigenvalue weighted by Crippen LogP contribution is -2.26. The van der Waals surface area contributed by atoms with Gasteiger partial charge in [-0.05, 0) is 37.5 Å². The van der Waals surface area contributed by atoms with Gasteiger partial charge in [0.2, 0.25) is 6.08 Å². The SMILES string of the molecule is CCCCC(CC)CP(=O)(CC(CC)CCCC)C1CCC(N=C=O)CC1. The number of carbonyl (C=O) groups excluding carboxylic acids is 1. The molecule has 0 aromatic carbocycles. The van der Waals surface area contributed by atoms with Gasteiger partial charge in [-0.25, -0.2) is 9.79 Å². The summed E-state index contributed by atoms with van der Waals surface area (Å²) < 4.78 is 14.4. The van der Waals surface area contributed by atoms with Crippen LogP contribution >= 0.6 is 7.14 Å². The second kappa shape index (κ2) is 13.7. The summed E-state index contributed by atoms with van der Waals surface area (Å²) in [5, 5.41) is 0. The monoisotopic (exact) mass is 397 g/mol. The number of hydrogen-bond donors (Lipinski definition) is 0. The molecule has 1 rings (SSSR count). The topological polar surface area (TPSA) is 46.5 Å². The zero-order valence-electron chi connectivity index (χ0n) is 18.4. The summed E-state index contributed by atoms with van der Waals surface area (Å²) in [4.78, 5) is 14.5. The van der Waals surface area contributed by atoms with Crippen LogP contribution in [0.4, 0.5) is 0 Å². The van der Waals surface area contributed by atoms with Crippen LogP contribution in [-0.2, 0) is 9.36 Å². The van der Waals surface area contributed by atoms with Crippen LogP contribution in [-0.4, -0.2) is 30.1 Å². The minimum atomic E-state index is -2.21. The Hall–Kier alpha value is -0.390. The highest BCUT2D eigenvalue weighted by molar-refractivity contribution is 7.64. The van der Waals surface area contributed by atoms with Crippen molar-refractivity contribution < 1.29 is 9.36 Å². The number of unbranched alkanes of at least 4 members (excludes halogenated alkanes) is 2. The molecule has 2 atom stereocenters. The first-order valence-corrected chi connectivity index (χ1v) is 13.8. The second-order valence-corrected chi connectivity index (χ2v) is 12.2. The molecule has 1 saturated carbocycles. The molecule has 3 nitrogen and oxygen atoms in total. The molecule has 0 bridgehead atoms. The van der Waals surface area contributed by atoms with Crippen molar-refractivity contribution in [3.8, 4) is 0 Å². The van der Waals surface area contributed by atoms with E-state index in [0.29, 0.717) is 17.5 Å². The maximum absolute atomic E-state index is 14.4. The van der Waals surface area contributed by atoms with Gasteiger partial charge < -0.3 is 4.57 Å². The molecule has 0 aliphatic heterocycles. The summed E-state index contributed by atoms with van der Waals surface area (Å²) in [6.45, 7) is 9.04. The molecule has 27 heavy (non-hydrogen) atoms. The van der Waals surface area contributed by atoms with Gasteiger partial charge in [-0.15, -0.1) is 0 Å². The highest BCUT2D eigenvalue weighted by Crippen LogP contribution is 2.59. The highest BCUT2D eigenvalue weighted by atomic mass is 31.2. The van der Waals surface area contributed by atoms with Crippen LogP contribution in [0.5, 0.6) is 0 Å². The average Bonchev–Trinajstić information content (AvgIpc) is 2.69. The molecule has 4 heteroatoms. The lowest BCUT2D eigenvalue weighted by Gasteiger charge is -2.36. The van der Waals surface area contributed by atoms with Gasteiger partial charge in [0.05, 0.1) is 13.2 Å². The minimum Gasteiger partial charge on any atom is -0.323 e. The van der Waals surface area contributed by atoms with Crippen molar-refractivity contribution in [1.82, 2.24) is 0 Å². The van der Waals surface area contributed by atoms with Gasteiger partial charge >= 0.3 is 0 Å². The molecular formula is C23H44NO2P. The van der Waals surface area contributed by atoms with Crippen molar-refractivity contribution in [3.05, 3.63) is 0 Å². The average molecular weight is 398 g/mol. The van der Waals surface area contributed by atoms with Gasteiger partial charge in [0, 0.05) is 18.0 Å². The molecular weight excluding hydrogens is 353 g/mol. The van der Waals surface area contributed by atoms with E-state index in [-0.39, 0.29) is 6.04 Å². The Morgan fingerprint density at radius 1 is 0.889 bits per heavy atom. The standard InChI is InChI=1S/C23H44NO2P/c1-5-9-11-20(7-3)17-27(26,18-21(8-4)12-10-6-2)23-15-13-22(14-16-23)24-19-25/h20-23H,5-18H2,1-4H3. The van der Waals surface area contributed by atoms with E-state index >= 15 is 0 Å². The van der Waals surface area contributed by atoms with Crippen molar-refractivity contribution in [2.75, 3.05) is 12.3 Å². The Kier molecular flexibility index (Phi) is 12.5. The predicted octanol–water partition coefficient (Wildman–Crippen LogP) is 7.43. The van der Waals surface area contributed by atoms with Crippen molar-refractivity contribution in [2.45, 2.75) is 116 Å². The number of aliphatic imine (C=N–C) groups is 1. The van der Waals surface area contributed by atoms with Crippen LogP contribution in [0.15, 0.2) is 4.99 Å². The van der Waals surface area contributed by atoms with Crippen LogP contribution in [0.1, 0.15) is 105 Å². The number of nitrogens with zero attached hydrogens (tertiary/aromatic N) is 1. The lowest BCUT2D eigenvalue weighted by molar-refractivity contribution is 0.415. The fraction of sp³-hybridized carbons (Fsp3) is 0.957. The fourth-order valence-corrected chi connectivity index (χ4v) is 9.43. The molecule has 0 N–H and O–H groups in total. The Morgan fingerprint density at radius 2 is 1.37 bits per heavy atom. The first-order valence-electron chi connectivity index (χ1n) is 11.7. The number of rotatable bonds is 14. The van der Waals surface area contributed by atoms with E-state index in [1.54, 1.807) is 6.08 Å². The van der Waals surface area contributed by atoms with Crippen LogP contribution < -0.4 is 0 Å². The number of isocyanates is 1. The third-order valence-corrected chi connectivity index (χ3v) is 10.9. The van der Waals surface area contributed by atoms with Gasteiger partial charge in [0.25, 0.3) is 0 Å². The first-order chi connectivity index (χ1) is 13.0. The Balaban J connectivity index is 2.89. The molecule has 1 fully saturated rings. The predicted molar refractivity (Wildman–Crippen MR) is 118 cm³/mol. The van der Waals surface area contributed by atoms with Crippen LogP contribution in [0, 0.1) is 11.8 Å². The largest absolute Gasteiger partial charge is 0.323 e. The van der Waals surface area contributed by atoms with Gasteiger partial charge in [-0.2, -0.15) is 0 Å². The van der Waals surface area contributed by atoms with E-state index in [1.807, 2.05) is 0 Å². The smallest absolute Gasteiger partial charge is 0.235 e. The minimum absolute atomic E-state index is 0.122. The van der Waals surface area contributed by atoms with Crippen LogP contribution in [0.2, 0.25) is 0 Å². The summed E-state index contributed by atoms with van der Waals surface area (Å²) >= 11 is 0. The molecule has 0 saturated heterocycles. The van der Waals surface area contributed by atoms with E-state index in [4.69, 9.17) is 0 Å². The molecule has 0 aromatic rings. The Morgan fingerprint density at radius 3 is 1.74 bits per heavy atom. The van der Waals surface area contributed by atoms with Crippen molar-refractivity contribution in [1.29, 1.82) is 0 Å². The maximum atomic E-state index is 14.4. The maximum Gasteiger partial charge on any atom is 0.235 e. The molecule has 0 spiro atoms. The van der Waals surface area contributed by atoms with E-state index in [2.05, 4.69) is 32.7 Å². The normalized spacial score (nSPS) is 24.6. The summed E-state index contributed by atoms with van der Waals surface area (Å²) in [7, 11) is -2.21. The summed E-state index contributed by atoms with van der Waals surface area (Å²) in [5.74, 6) is 1.23. The molecule has 2 unspecified atom stereocenters. The summed E-state index contributed by atoms with van der Waals surface area (Å²) in [5.41, 5.74) is 0.363. The molecule has 1 aliphatic carbocycles. The Bertz CT molecular complexity index is 457. The molecule has 0 aromatic heterocycles. The van der Waals surface area contributed by atoms with E-state index in [0.717, 1.165) is 50.8 Å². The quantitative estimate of drug-likeness (QED) is 0.174. The van der Waals surface area contributed by atoms with Crippen molar-refractivity contribution in [2.24, 2.45) is 16.8 Å². The van der Waals surface area contributed by atoms with Gasteiger partial charge in [0.15, 0.2) is 0 Å². The summed E-state index contributed by atoms with van der Waals surface area (Å²) in [6, 6.07) is 0.122. The lowest BCUT2D eigenvalue weighted by atomic mass is 9.95. The van der Waals surface area contributed by atoms with E-state index < -0.39 is 7.14 Å². The third-order valence-electron chi connectivity index (χ3n) is 6.79. The van der Waals surface area contributed by atoms with Crippen molar-refractivity contribution >= 4 is 13.2 Å². The van der Waals surface area contributed by atoms with Crippen LogP contribution in [0.3, 0.4) is 0 Å². The molecule has 158 valence electrons. The molecule has 0 radical (unpaired) electrons.